The van der Waals surface area contributed by atoms with Crippen molar-refractivity contribution < 1.29 is 30.0 Å². The van der Waals surface area contributed by atoms with Crippen molar-refractivity contribution in [2.24, 2.45) is 5.73 Å². The van der Waals surface area contributed by atoms with Crippen LogP contribution in [0.3, 0.4) is 0 Å². The van der Waals surface area contributed by atoms with E-state index in [0.717, 1.165) is 5.56 Å². The van der Waals surface area contributed by atoms with Crippen LogP contribution in [0, 0.1) is 0 Å². The van der Waals surface area contributed by atoms with E-state index in [4.69, 9.17) is 5.73 Å². The van der Waals surface area contributed by atoms with Crippen LogP contribution in [0.15, 0.2) is 79.1 Å². The molecule has 0 unspecified atom stereocenters. The van der Waals surface area contributed by atoms with E-state index in [2.05, 4.69) is 15.3 Å². The van der Waals surface area contributed by atoms with E-state index in [0.29, 0.717) is 28.1 Å². The maximum absolute atomic E-state index is 12.1. The molecule has 0 saturated heterocycles. The summed E-state index contributed by atoms with van der Waals surface area (Å²) in [6.45, 7) is 0.417. The number of rotatable bonds is 4. The lowest BCUT2D eigenvalue weighted by Crippen LogP contribution is -2.23. The van der Waals surface area contributed by atoms with Crippen LogP contribution >= 0.6 is 0 Å². The van der Waals surface area contributed by atoms with Crippen molar-refractivity contribution in [3.05, 3.63) is 96.1 Å². The average Bonchev–Trinajstić information content (AvgIpc) is 2.90. The zero-order chi connectivity index (χ0) is 26.5. The van der Waals surface area contributed by atoms with Crippen LogP contribution in [0.4, 0.5) is 0 Å². The summed E-state index contributed by atoms with van der Waals surface area (Å²) in [5.74, 6) is -1.85. The highest BCUT2D eigenvalue weighted by molar-refractivity contribution is 5.98. The third-order valence-corrected chi connectivity index (χ3v) is 5.45. The molecule has 186 valence electrons. The second kappa shape index (κ2) is 10.5. The first kappa shape index (κ1) is 24.7. The smallest absolute Gasteiger partial charge is 0.270 e. The first-order valence-corrected chi connectivity index (χ1v) is 11.0. The number of carbonyl (C=O) groups is 2. The predicted molar refractivity (Wildman–Crippen MR) is 136 cm³/mol. The molecule has 2 heterocycles. The molecule has 0 spiro atoms. The number of primary amides is 1. The van der Waals surface area contributed by atoms with Crippen LogP contribution in [0.2, 0.25) is 0 Å². The lowest BCUT2D eigenvalue weighted by Gasteiger charge is -2.06. The summed E-state index contributed by atoms with van der Waals surface area (Å²) in [4.78, 5) is 30.8. The number of aromatic nitrogens is 2. The van der Waals surface area contributed by atoms with Crippen molar-refractivity contribution in [1.29, 1.82) is 0 Å². The molecule has 5 aromatic rings. The van der Waals surface area contributed by atoms with E-state index in [9.17, 15) is 30.0 Å². The van der Waals surface area contributed by atoms with Gasteiger partial charge in [-0.1, -0.05) is 36.4 Å². The van der Waals surface area contributed by atoms with Crippen molar-refractivity contribution in [3.63, 3.8) is 0 Å². The molecular formula is C27H22N4O6. The number of hydrogen-bond acceptors (Lipinski definition) is 8. The first-order valence-electron chi connectivity index (χ1n) is 11.0. The zero-order valence-electron chi connectivity index (χ0n) is 19.3. The van der Waals surface area contributed by atoms with Crippen molar-refractivity contribution >= 4 is 33.4 Å². The molecule has 0 aliphatic carbocycles. The molecule has 5 rings (SSSR count). The second-order valence-corrected chi connectivity index (χ2v) is 8.01. The van der Waals surface area contributed by atoms with E-state index in [1.54, 1.807) is 12.1 Å². The third-order valence-electron chi connectivity index (χ3n) is 5.45. The van der Waals surface area contributed by atoms with Gasteiger partial charge in [-0.2, -0.15) is 0 Å². The zero-order valence-corrected chi connectivity index (χ0v) is 19.3. The van der Waals surface area contributed by atoms with Crippen LogP contribution in [-0.2, 0) is 6.54 Å². The van der Waals surface area contributed by atoms with Gasteiger partial charge in [-0.3, -0.25) is 19.6 Å². The molecule has 37 heavy (non-hydrogen) atoms. The predicted octanol–water partition coefficient (Wildman–Crippen LogP) is 3.32. The van der Waals surface area contributed by atoms with E-state index >= 15 is 0 Å². The number of benzene rings is 3. The quantitative estimate of drug-likeness (QED) is 0.204. The van der Waals surface area contributed by atoms with Crippen LogP contribution < -0.4 is 11.1 Å². The maximum Gasteiger partial charge on any atom is 0.270 e. The molecule has 2 amide bonds. The second-order valence-electron chi connectivity index (χ2n) is 8.01. The summed E-state index contributed by atoms with van der Waals surface area (Å²) in [6.07, 6.45) is 2.79. The van der Waals surface area contributed by atoms with Gasteiger partial charge < -0.3 is 31.5 Å². The Morgan fingerprint density at radius 1 is 0.730 bits per heavy atom. The lowest BCUT2D eigenvalue weighted by atomic mass is 10.1. The minimum Gasteiger partial charge on any atom is -0.504 e. The molecule has 0 aliphatic heterocycles. The molecule has 10 heteroatoms. The number of amides is 2. The highest BCUT2D eigenvalue weighted by Gasteiger charge is 2.10. The van der Waals surface area contributed by atoms with Gasteiger partial charge in [0.1, 0.15) is 11.4 Å². The van der Waals surface area contributed by atoms with Crippen molar-refractivity contribution in [1.82, 2.24) is 15.3 Å². The number of nitrogens with two attached hydrogens (primary N) is 1. The molecule has 0 aliphatic rings. The summed E-state index contributed by atoms with van der Waals surface area (Å²) < 4.78 is 0. The Bertz CT molecular complexity index is 1620. The van der Waals surface area contributed by atoms with Gasteiger partial charge in [0.2, 0.25) is 0 Å². The number of fused-ring (bicyclic) bond motifs is 2. The maximum atomic E-state index is 12.1. The van der Waals surface area contributed by atoms with Gasteiger partial charge >= 0.3 is 0 Å². The molecule has 0 bridgehead atoms. The number of pyridine rings is 2. The fourth-order valence-electron chi connectivity index (χ4n) is 3.49. The van der Waals surface area contributed by atoms with Gasteiger partial charge in [0.05, 0.1) is 0 Å². The molecule has 0 fully saturated rings. The number of carbonyl (C=O) groups excluding carboxylic acids is 2. The summed E-state index contributed by atoms with van der Waals surface area (Å²) in [7, 11) is 0. The number of hydrogen-bond donors (Lipinski definition) is 6. The summed E-state index contributed by atoms with van der Waals surface area (Å²) >= 11 is 0. The van der Waals surface area contributed by atoms with Gasteiger partial charge in [-0.05, 0) is 46.7 Å². The van der Waals surface area contributed by atoms with Crippen LogP contribution in [-0.4, -0.2) is 42.2 Å². The molecule has 0 saturated carbocycles. The fourth-order valence-corrected chi connectivity index (χ4v) is 3.49. The Balaban J connectivity index is 0.000000186. The van der Waals surface area contributed by atoms with E-state index in [1.807, 2.05) is 30.3 Å². The van der Waals surface area contributed by atoms with Crippen molar-refractivity contribution in [3.8, 4) is 23.0 Å². The Morgan fingerprint density at radius 2 is 1.38 bits per heavy atom. The number of phenolic OH excluding ortho intramolecular Hbond substituents is 4. The number of nitrogens with zero attached hydrogens (tertiary/aromatic N) is 2. The number of nitrogens with one attached hydrogen (secondary N) is 1. The highest BCUT2D eigenvalue weighted by atomic mass is 16.3. The molecule has 2 aromatic heterocycles. The van der Waals surface area contributed by atoms with Gasteiger partial charge in [0.15, 0.2) is 23.0 Å². The summed E-state index contributed by atoms with van der Waals surface area (Å²) in [5, 5.41) is 42.7. The first-order chi connectivity index (χ1) is 17.7. The van der Waals surface area contributed by atoms with Crippen molar-refractivity contribution in [2.45, 2.75) is 6.54 Å². The van der Waals surface area contributed by atoms with E-state index < -0.39 is 5.91 Å². The molecular weight excluding hydrogens is 476 g/mol. The molecule has 0 radical (unpaired) electrons. The Labute approximate surface area is 210 Å². The van der Waals surface area contributed by atoms with Gasteiger partial charge in [-0.25, -0.2) is 0 Å². The lowest BCUT2D eigenvalue weighted by molar-refractivity contribution is 0.0945. The summed E-state index contributed by atoms with van der Waals surface area (Å²) in [6, 6.07) is 18.3. The van der Waals surface area contributed by atoms with Crippen LogP contribution in [0.1, 0.15) is 26.5 Å². The Kier molecular flexibility index (Phi) is 7.01. The monoisotopic (exact) mass is 498 g/mol. The van der Waals surface area contributed by atoms with Gasteiger partial charge in [-0.15, -0.1) is 0 Å². The fraction of sp³-hybridized carbons (Fsp3) is 0.0370. The largest absolute Gasteiger partial charge is 0.504 e. The molecule has 0 atom stereocenters. The topological polar surface area (TPSA) is 179 Å². The number of phenols is 4. The minimum absolute atomic E-state index is 0.118. The molecule has 10 nitrogen and oxygen atoms in total. The van der Waals surface area contributed by atoms with Gasteiger partial charge in [0, 0.05) is 29.7 Å². The Hall–Kier alpha value is -5.38. The SMILES string of the molecule is NC(=O)c1cc2ccc(O)c(O)c2cn1.O=C(NCc1ccccc1)c1cc2cc(O)c(O)cc2cn1. The average molecular weight is 498 g/mol. The standard InChI is InChI=1S/C17H14N2O3.C10H8N2O3/c20-15-7-12-6-14(18-10-13(12)8-16(15)21)17(22)19-9-11-4-2-1-3-5-11;11-10(15)7-3-5-1-2-8(13)9(14)6(5)4-12-7/h1-8,10,20-21H,9H2,(H,19,22);1-4,13-14H,(H2,11,15). The molecule has 3 aromatic carbocycles. The Morgan fingerprint density at radius 3 is 2.08 bits per heavy atom. The third kappa shape index (κ3) is 5.65. The highest BCUT2D eigenvalue weighted by Crippen LogP contribution is 2.33. The summed E-state index contributed by atoms with van der Waals surface area (Å²) in [5.41, 5.74) is 6.43. The van der Waals surface area contributed by atoms with Crippen LogP contribution in [0.25, 0.3) is 21.5 Å². The molecule has 7 N–H and O–H groups in total. The minimum atomic E-state index is -0.635. The van der Waals surface area contributed by atoms with Crippen LogP contribution in [0.5, 0.6) is 23.0 Å². The normalized spacial score (nSPS) is 10.5. The van der Waals surface area contributed by atoms with Crippen molar-refractivity contribution in [2.75, 3.05) is 0 Å². The van der Waals surface area contributed by atoms with E-state index in [-0.39, 0.29) is 40.3 Å². The van der Waals surface area contributed by atoms with E-state index in [1.165, 1.54) is 36.7 Å². The van der Waals surface area contributed by atoms with Gasteiger partial charge in [0.25, 0.3) is 11.8 Å². The number of aromatic hydroxyl groups is 4.